The number of para-hydroxylation sites is 1. The third-order valence-electron chi connectivity index (χ3n) is 5.02. The number of anilines is 1. The summed E-state index contributed by atoms with van der Waals surface area (Å²) in [5.41, 5.74) is 2.22. The highest BCUT2D eigenvalue weighted by Gasteiger charge is 2.51. The predicted molar refractivity (Wildman–Crippen MR) is 78.1 cm³/mol. The summed E-state index contributed by atoms with van der Waals surface area (Å²) in [6.45, 7) is 6.58. The number of aromatic hydroxyl groups is 1. The fourth-order valence-electron chi connectivity index (χ4n) is 3.15. The molecule has 0 spiro atoms. The molecule has 0 bridgehead atoms. The largest absolute Gasteiger partial charge is 0.506 e. The number of allylic oxidation sites excluding steroid dienone is 1. The number of phenolic OH excluding ortho intramolecular Hbond substituents is 1. The molecular formula is C16H22N2O. The van der Waals surface area contributed by atoms with Crippen molar-refractivity contribution in [1.82, 2.24) is 4.90 Å². The summed E-state index contributed by atoms with van der Waals surface area (Å²) in [6.07, 6.45) is 1.73. The van der Waals surface area contributed by atoms with Crippen molar-refractivity contribution in [2.75, 3.05) is 18.5 Å². The van der Waals surface area contributed by atoms with Crippen molar-refractivity contribution >= 4 is 5.69 Å². The molecule has 0 fully saturated rings. The fourth-order valence-corrected chi connectivity index (χ4v) is 3.15. The van der Waals surface area contributed by atoms with Gasteiger partial charge in [-0.3, -0.25) is 0 Å². The smallest absolute Gasteiger partial charge is 0.139 e. The standard InChI is InChI=1S/C16H22N2O/c1-15(2)11-7-6-8-12(19)14(11)18-10-17(5)9-13(18)16(15,3)4/h6-9,19H,10H2,1-5H3/i5D3. The van der Waals surface area contributed by atoms with E-state index in [0.717, 1.165) is 16.9 Å². The molecule has 0 aliphatic carbocycles. The highest BCUT2D eigenvalue weighted by atomic mass is 16.3. The van der Waals surface area contributed by atoms with Crippen LogP contribution in [0.1, 0.15) is 37.4 Å². The average Bonchev–Trinajstić information content (AvgIpc) is 2.82. The Morgan fingerprint density at radius 2 is 1.95 bits per heavy atom. The molecule has 1 aromatic rings. The van der Waals surface area contributed by atoms with E-state index in [-0.39, 0.29) is 23.2 Å². The van der Waals surface area contributed by atoms with Crippen molar-refractivity contribution in [2.24, 2.45) is 5.41 Å². The predicted octanol–water partition coefficient (Wildman–Crippen LogP) is 3.26. The Hall–Kier alpha value is -1.64. The second kappa shape index (κ2) is 3.47. The Bertz CT molecular complexity index is 662. The number of phenols is 1. The maximum absolute atomic E-state index is 10.4. The molecule has 1 N–H and O–H groups in total. The lowest BCUT2D eigenvalue weighted by Crippen LogP contribution is -2.48. The number of nitrogens with zero attached hydrogens (tertiary/aromatic N) is 2. The van der Waals surface area contributed by atoms with E-state index in [9.17, 15) is 5.11 Å². The highest BCUT2D eigenvalue weighted by molar-refractivity contribution is 5.73. The Morgan fingerprint density at radius 1 is 1.21 bits per heavy atom. The van der Waals surface area contributed by atoms with E-state index >= 15 is 0 Å². The van der Waals surface area contributed by atoms with Gasteiger partial charge in [0.1, 0.15) is 5.75 Å². The summed E-state index contributed by atoms with van der Waals surface area (Å²) < 4.78 is 23.0. The Kier molecular flexibility index (Phi) is 1.70. The number of hydrogen-bond donors (Lipinski definition) is 1. The zero-order valence-corrected chi connectivity index (χ0v) is 11.9. The van der Waals surface area contributed by atoms with Gasteiger partial charge in [-0.2, -0.15) is 0 Å². The number of benzene rings is 1. The van der Waals surface area contributed by atoms with Crippen LogP contribution in [0.15, 0.2) is 30.1 Å². The minimum absolute atomic E-state index is 0.194. The van der Waals surface area contributed by atoms with Crippen LogP contribution in [-0.2, 0) is 5.41 Å². The maximum Gasteiger partial charge on any atom is 0.139 e. The molecule has 0 amide bonds. The van der Waals surface area contributed by atoms with Crippen LogP contribution in [0.5, 0.6) is 5.75 Å². The summed E-state index contributed by atoms with van der Waals surface area (Å²) in [5.74, 6) is 0.194. The molecule has 2 aliphatic rings. The third kappa shape index (κ3) is 1.38. The summed E-state index contributed by atoms with van der Waals surface area (Å²) in [5, 5.41) is 10.4. The Labute approximate surface area is 119 Å². The lowest BCUT2D eigenvalue weighted by Gasteiger charge is -2.51. The molecule has 19 heavy (non-hydrogen) atoms. The lowest BCUT2D eigenvalue weighted by atomic mass is 9.60. The minimum atomic E-state index is -2.19. The van der Waals surface area contributed by atoms with Gasteiger partial charge in [-0.15, -0.1) is 0 Å². The van der Waals surface area contributed by atoms with E-state index in [1.54, 1.807) is 12.3 Å². The van der Waals surface area contributed by atoms with Crippen molar-refractivity contribution < 1.29 is 9.22 Å². The van der Waals surface area contributed by atoms with E-state index < -0.39 is 6.98 Å². The van der Waals surface area contributed by atoms with Crippen molar-refractivity contribution in [3.05, 3.63) is 35.7 Å². The quantitative estimate of drug-likeness (QED) is 0.776. The number of rotatable bonds is 0. The topological polar surface area (TPSA) is 26.7 Å². The van der Waals surface area contributed by atoms with Crippen LogP contribution in [0.3, 0.4) is 0 Å². The summed E-state index contributed by atoms with van der Waals surface area (Å²) in [4.78, 5) is 3.30. The highest BCUT2D eigenvalue weighted by Crippen LogP contribution is 2.58. The maximum atomic E-state index is 10.4. The molecule has 3 nitrogen and oxygen atoms in total. The van der Waals surface area contributed by atoms with Crippen LogP contribution in [0.4, 0.5) is 5.69 Å². The molecule has 0 saturated heterocycles. The van der Waals surface area contributed by atoms with Gasteiger partial charge in [-0.1, -0.05) is 39.8 Å². The first-order valence-electron chi connectivity index (χ1n) is 8.07. The molecule has 1 aromatic carbocycles. The van der Waals surface area contributed by atoms with Crippen molar-refractivity contribution in [1.29, 1.82) is 0 Å². The van der Waals surface area contributed by atoms with Crippen LogP contribution in [0.25, 0.3) is 0 Å². The van der Waals surface area contributed by atoms with Gasteiger partial charge >= 0.3 is 0 Å². The van der Waals surface area contributed by atoms with Crippen molar-refractivity contribution in [3.63, 3.8) is 0 Å². The molecular weight excluding hydrogens is 236 g/mol. The molecule has 102 valence electrons. The van der Waals surface area contributed by atoms with Crippen LogP contribution in [0.2, 0.25) is 0 Å². The van der Waals surface area contributed by atoms with E-state index in [0.29, 0.717) is 0 Å². The van der Waals surface area contributed by atoms with Gasteiger partial charge in [0.25, 0.3) is 0 Å². The second-order valence-electron chi connectivity index (χ2n) is 6.48. The van der Waals surface area contributed by atoms with Gasteiger partial charge < -0.3 is 14.9 Å². The normalized spacial score (nSPS) is 25.9. The minimum Gasteiger partial charge on any atom is -0.506 e. The van der Waals surface area contributed by atoms with E-state index in [2.05, 4.69) is 27.7 Å². The third-order valence-corrected chi connectivity index (χ3v) is 5.02. The van der Waals surface area contributed by atoms with Gasteiger partial charge in [-0.25, -0.2) is 0 Å². The first kappa shape index (κ1) is 9.29. The molecule has 2 heterocycles. The SMILES string of the molecule is [2H]C([2H])([2H])N1C=C2N(C1)c1c(O)cccc1C(C)(C)C2(C)C. The first-order chi connectivity index (χ1) is 9.98. The van der Waals surface area contributed by atoms with Crippen molar-refractivity contribution in [3.8, 4) is 5.75 Å². The van der Waals surface area contributed by atoms with E-state index in [4.69, 9.17) is 4.11 Å². The number of hydrogen-bond acceptors (Lipinski definition) is 3. The Balaban J connectivity index is 2.25. The number of fused-ring (bicyclic) bond motifs is 3. The molecule has 3 rings (SSSR count). The van der Waals surface area contributed by atoms with Crippen molar-refractivity contribution in [2.45, 2.75) is 33.1 Å². The van der Waals surface area contributed by atoms with E-state index in [1.165, 1.54) is 4.90 Å². The molecule has 0 aromatic heterocycles. The second-order valence-corrected chi connectivity index (χ2v) is 6.48. The zero-order valence-electron chi connectivity index (χ0n) is 14.9. The molecule has 0 atom stereocenters. The van der Waals surface area contributed by atoms with Crippen LogP contribution in [-0.4, -0.2) is 23.7 Å². The molecule has 0 saturated carbocycles. The molecule has 0 radical (unpaired) electrons. The van der Waals surface area contributed by atoms with Crippen LogP contribution >= 0.6 is 0 Å². The van der Waals surface area contributed by atoms with Gasteiger partial charge in [0.15, 0.2) is 0 Å². The van der Waals surface area contributed by atoms with Gasteiger partial charge in [-0.05, 0) is 11.6 Å². The monoisotopic (exact) mass is 261 g/mol. The fraction of sp³-hybridized carbons (Fsp3) is 0.500. The molecule has 3 heteroatoms. The summed E-state index contributed by atoms with van der Waals surface area (Å²) in [6, 6.07) is 5.52. The van der Waals surface area contributed by atoms with E-state index in [1.807, 2.05) is 17.0 Å². The molecule has 2 aliphatic heterocycles. The summed E-state index contributed by atoms with van der Waals surface area (Å²) >= 11 is 0. The zero-order chi connectivity index (χ0) is 16.5. The Morgan fingerprint density at radius 3 is 2.63 bits per heavy atom. The lowest BCUT2D eigenvalue weighted by molar-refractivity contribution is 0.234. The van der Waals surface area contributed by atoms with Gasteiger partial charge in [0.05, 0.1) is 12.4 Å². The van der Waals surface area contributed by atoms with Gasteiger partial charge in [0, 0.05) is 33.8 Å². The first-order valence-corrected chi connectivity index (χ1v) is 6.57. The van der Waals surface area contributed by atoms with Crippen LogP contribution < -0.4 is 4.90 Å². The summed E-state index contributed by atoms with van der Waals surface area (Å²) in [7, 11) is 0. The van der Waals surface area contributed by atoms with Crippen LogP contribution in [0, 0.1) is 5.41 Å². The van der Waals surface area contributed by atoms with Gasteiger partial charge in [0.2, 0.25) is 0 Å². The average molecular weight is 261 g/mol. The molecule has 0 unspecified atom stereocenters.